The molecule has 0 spiro atoms. The molecule has 0 fully saturated rings. The Morgan fingerprint density at radius 2 is 1.84 bits per heavy atom. The van der Waals surface area contributed by atoms with E-state index in [1.54, 1.807) is 13.0 Å². The van der Waals surface area contributed by atoms with Gasteiger partial charge < -0.3 is 9.84 Å². The zero-order chi connectivity index (χ0) is 14.0. The lowest BCUT2D eigenvalue weighted by Crippen LogP contribution is -2.00. The summed E-state index contributed by atoms with van der Waals surface area (Å²) in [7, 11) is 0. The van der Waals surface area contributed by atoms with Gasteiger partial charge in [-0.2, -0.15) is 0 Å². The van der Waals surface area contributed by atoms with E-state index in [9.17, 15) is 13.9 Å². The van der Waals surface area contributed by atoms with Gasteiger partial charge in [-0.05, 0) is 49.7 Å². The van der Waals surface area contributed by atoms with E-state index < -0.39 is 11.9 Å². The average Bonchev–Trinajstić information content (AvgIpc) is 2.32. The Morgan fingerprint density at radius 1 is 1.11 bits per heavy atom. The number of benzene rings is 2. The molecule has 2 aromatic rings. The molecule has 0 heterocycles. The van der Waals surface area contributed by atoms with Gasteiger partial charge >= 0.3 is 0 Å². The fourth-order valence-corrected chi connectivity index (χ4v) is 1.86. The zero-order valence-corrected chi connectivity index (χ0v) is 10.7. The highest BCUT2D eigenvalue weighted by atomic mass is 19.1. The summed E-state index contributed by atoms with van der Waals surface area (Å²) >= 11 is 0. The van der Waals surface area contributed by atoms with Gasteiger partial charge in [0.1, 0.15) is 23.1 Å². The number of aliphatic hydroxyl groups excluding tert-OH is 1. The lowest BCUT2D eigenvalue weighted by Gasteiger charge is -2.15. The molecule has 0 saturated carbocycles. The van der Waals surface area contributed by atoms with Gasteiger partial charge in [0.2, 0.25) is 0 Å². The molecule has 2 rings (SSSR count). The summed E-state index contributed by atoms with van der Waals surface area (Å²) in [6, 6.07) is 8.39. The van der Waals surface area contributed by atoms with Gasteiger partial charge in [0.25, 0.3) is 0 Å². The van der Waals surface area contributed by atoms with Crippen LogP contribution in [0.4, 0.5) is 8.78 Å². The Morgan fingerprint density at radius 3 is 2.47 bits per heavy atom. The summed E-state index contributed by atoms with van der Waals surface area (Å²) < 4.78 is 32.2. The molecule has 19 heavy (non-hydrogen) atoms. The molecule has 0 aromatic heterocycles. The fraction of sp³-hybridized carbons (Fsp3) is 0.200. The third kappa shape index (κ3) is 2.90. The van der Waals surface area contributed by atoms with Crippen LogP contribution in [0.1, 0.15) is 24.2 Å². The predicted octanol–water partition coefficient (Wildman–Crippen LogP) is 4.12. The van der Waals surface area contributed by atoms with Crippen molar-refractivity contribution in [3.8, 4) is 11.5 Å². The maximum absolute atomic E-state index is 13.7. The van der Waals surface area contributed by atoms with E-state index in [-0.39, 0.29) is 17.1 Å². The second kappa shape index (κ2) is 5.36. The SMILES string of the molecule is Cc1cc(F)ccc1Oc1cccc(F)c1[C@H](C)O. The van der Waals surface area contributed by atoms with Crippen molar-refractivity contribution in [1.82, 2.24) is 0 Å². The van der Waals surface area contributed by atoms with Crippen LogP contribution in [0.2, 0.25) is 0 Å². The first-order chi connectivity index (χ1) is 8.99. The molecule has 0 radical (unpaired) electrons. The van der Waals surface area contributed by atoms with E-state index in [4.69, 9.17) is 4.74 Å². The Labute approximate surface area is 110 Å². The first-order valence-electron chi connectivity index (χ1n) is 5.89. The van der Waals surface area contributed by atoms with Crippen LogP contribution in [0.25, 0.3) is 0 Å². The topological polar surface area (TPSA) is 29.5 Å². The molecule has 2 nitrogen and oxygen atoms in total. The highest BCUT2D eigenvalue weighted by Crippen LogP contribution is 2.33. The molecule has 0 bridgehead atoms. The molecule has 1 atom stereocenters. The van der Waals surface area contributed by atoms with E-state index >= 15 is 0 Å². The molecule has 4 heteroatoms. The first kappa shape index (κ1) is 13.5. The maximum atomic E-state index is 13.7. The highest BCUT2D eigenvalue weighted by molar-refractivity contribution is 5.42. The van der Waals surface area contributed by atoms with E-state index in [2.05, 4.69) is 0 Å². The molecular formula is C15H14F2O2. The summed E-state index contributed by atoms with van der Waals surface area (Å²) in [5.74, 6) is -0.245. The number of halogens is 2. The largest absolute Gasteiger partial charge is 0.457 e. The van der Waals surface area contributed by atoms with E-state index in [1.807, 2.05) is 0 Å². The van der Waals surface area contributed by atoms with Crippen molar-refractivity contribution in [2.24, 2.45) is 0 Å². The Hall–Kier alpha value is -1.94. The Balaban J connectivity index is 2.41. The first-order valence-corrected chi connectivity index (χ1v) is 5.89. The van der Waals surface area contributed by atoms with Crippen LogP contribution in [0.5, 0.6) is 11.5 Å². The second-order valence-electron chi connectivity index (χ2n) is 4.34. The number of aryl methyl sites for hydroxylation is 1. The van der Waals surface area contributed by atoms with Crippen LogP contribution in [0.15, 0.2) is 36.4 Å². The minimum atomic E-state index is -0.989. The number of aliphatic hydroxyl groups is 1. The molecule has 0 aliphatic rings. The summed E-state index contributed by atoms with van der Waals surface area (Å²) in [5, 5.41) is 9.60. The standard InChI is InChI=1S/C15H14F2O2/c1-9-8-11(16)6-7-13(9)19-14-5-3-4-12(17)15(14)10(2)18/h3-8,10,18H,1-2H3/t10-/m0/s1. The lowest BCUT2D eigenvalue weighted by molar-refractivity contribution is 0.190. The lowest BCUT2D eigenvalue weighted by atomic mass is 10.1. The minimum absolute atomic E-state index is 0.0891. The van der Waals surface area contributed by atoms with Gasteiger partial charge in [-0.25, -0.2) is 8.78 Å². The molecule has 0 aliphatic carbocycles. The number of hydrogen-bond donors (Lipinski definition) is 1. The molecule has 0 amide bonds. The van der Waals surface area contributed by atoms with E-state index in [0.717, 1.165) is 0 Å². The van der Waals surface area contributed by atoms with Gasteiger partial charge in [-0.15, -0.1) is 0 Å². The van der Waals surface area contributed by atoms with Crippen LogP contribution in [-0.2, 0) is 0 Å². The van der Waals surface area contributed by atoms with Crippen molar-refractivity contribution in [3.05, 3.63) is 59.2 Å². The molecule has 0 aliphatic heterocycles. The smallest absolute Gasteiger partial charge is 0.136 e. The van der Waals surface area contributed by atoms with Crippen LogP contribution >= 0.6 is 0 Å². The number of hydrogen-bond acceptors (Lipinski definition) is 2. The van der Waals surface area contributed by atoms with Crippen molar-refractivity contribution in [1.29, 1.82) is 0 Å². The van der Waals surface area contributed by atoms with Crippen molar-refractivity contribution < 1.29 is 18.6 Å². The van der Waals surface area contributed by atoms with Gasteiger partial charge in [0.15, 0.2) is 0 Å². The van der Waals surface area contributed by atoms with Gasteiger partial charge in [0, 0.05) is 0 Å². The number of rotatable bonds is 3. The van der Waals surface area contributed by atoms with Crippen molar-refractivity contribution in [3.63, 3.8) is 0 Å². The van der Waals surface area contributed by atoms with Gasteiger partial charge in [-0.3, -0.25) is 0 Å². The summed E-state index contributed by atoms with van der Waals surface area (Å²) in [6.07, 6.45) is -0.989. The zero-order valence-electron chi connectivity index (χ0n) is 10.7. The molecule has 2 aromatic carbocycles. The monoisotopic (exact) mass is 264 g/mol. The summed E-state index contributed by atoms with van der Waals surface area (Å²) in [6.45, 7) is 3.16. The normalized spacial score (nSPS) is 12.3. The second-order valence-corrected chi connectivity index (χ2v) is 4.34. The van der Waals surface area contributed by atoms with Crippen LogP contribution in [0.3, 0.4) is 0 Å². The average molecular weight is 264 g/mol. The molecular weight excluding hydrogens is 250 g/mol. The van der Waals surface area contributed by atoms with E-state index in [1.165, 1.54) is 37.3 Å². The minimum Gasteiger partial charge on any atom is -0.457 e. The Bertz CT molecular complexity index is 595. The van der Waals surface area contributed by atoms with Gasteiger partial charge in [-0.1, -0.05) is 6.07 Å². The summed E-state index contributed by atoms with van der Waals surface area (Å²) in [4.78, 5) is 0. The van der Waals surface area contributed by atoms with Crippen molar-refractivity contribution in [2.45, 2.75) is 20.0 Å². The third-order valence-electron chi connectivity index (χ3n) is 2.79. The van der Waals surface area contributed by atoms with Gasteiger partial charge in [0.05, 0.1) is 11.7 Å². The van der Waals surface area contributed by atoms with Crippen LogP contribution in [0, 0.1) is 18.6 Å². The predicted molar refractivity (Wildman–Crippen MR) is 68.2 cm³/mol. The third-order valence-corrected chi connectivity index (χ3v) is 2.79. The van der Waals surface area contributed by atoms with Crippen LogP contribution < -0.4 is 4.74 Å². The molecule has 1 N–H and O–H groups in total. The highest BCUT2D eigenvalue weighted by Gasteiger charge is 2.15. The number of ether oxygens (including phenoxy) is 1. The molecule has 0 unspecified atom stereocenters. The quantitative estimate of drug-likeness (QED) is 0.903. The Kier molecular flexibility index (Phi) is 3.81. The fourth-order valence-electron chi connectivity index (χ4n) is 1.86. The summed E-state index contributed by atoms with van der Waals surface area (Å²) in [5.41, 5.74) is 0.687. The van der Waals surface area contributed by atoms with Crippen molar-refractivity contribution >= 4 is 0 Å². The maximum Gasteiger partial charge on any atom is 0.136 e. The van der Waals surface area contributed by atoms with Crippen molar-refractivity contribution in [2.75, 3.05) is 0 Å². The van der Waals surface area contributed by atoms with E-state index in [0.29, 0.717) is 11.3 Å². The van der Waals surface area contributed by atoms with Crippen LogP contribution in [-0.4, -0.2) is 5.11 Å². The molecule has 100 valence electrons. The molecule has 0 saturated heterocycles.